The number of ether oxygens (including phenoxy) is 1. The molecule has 2 atom stereocenters. The Morgan fingerprint density at radius 3 is 2.79 bits per heavy atom. The molecule has 2 aliphatic carbocycles. The Kier molecular flexibility index (Phi) is 6.07. The van der Waals surface area contributed by atoms with E-state index in [1.807, 2.05) is 12.1 Å². The average molecular weight is 331 g/mol. The molecule has 5 heteroatoms. The van der Waals surface area contributed by atoms with Crippen molar-refractivity contribution in [2.75, 3.05) is 11.9 Å². The molecule has 3 rings (SSSR count). The van der Waals surface area contributed by atoms with Crippen molar-refractivity contribution >= 4 is 11.7 Å². The second-order valence-electron chi connectivity index (χ2n) is 7.27. The molecule has 24 heavy (non-hydrogen) atoms. The Morgan fingerprint density at radius 1 is 1.21 bits per heavy atom. The smallest absolute Gasteiger partial charge is 0.225 e. The Balaban J connectivity index is 1.53. The van der Waals surface area contributed by atoms with Crippen molar-refractivity contribution in [2.24, 2.45) is 17.6 Å². The maximum absolute atomic E-state index is 12.3. The Hall–Kier alpha value is -1.62. The highest BCUT2D eigenvalue weighted by molar-refractivity contribution is 5.91. The fourth-order valence-corrected chi connectivity index (χ4v) is 3.90. The van der Waals surface area contributed by atoms with E-state index in [1.54, 1.807) is 6.20 Å². The van der Waals surface area contributed by atoms with Gasteiger partial charge in [0.05, 0.1) is 6.61 Å². The normalized spacial score (nSPS) is 24.7. The van der Waals surface area contributed by atoms with Crippen LogP contribution in [0.4, 0.5) is 5.82 Å². The second kappa shape index (κ2) is 8.47. The zero-order valence-corrected chi connectivity index (χ0v) is 14.4. The molecule has 132 valence electrons. The van der Waals surface area contributed by atoms with Gasteiger partial charge in [0.15, 0.2) is 11.6 Å². The van der Waals surface area contributed by atoms with Crippen LogP contribution in [0.5, 0.6) is 5.75 Å². The van der Waals surface area contributed by atoms with Crippen molar-refractivity contribution in [3.8, 4) is 5.75 Å². The fourth-order valence-electron chi connectivity index (χ4n) is 3.90. The highest BCUT2D eigenvalue weighted by atomic mass is 16.5. The third-order valence-corrected chi connectivity index (χ3v) is 5.39. The quantitative estimate of drug-likeness (QED) is 0.836. The topological polar surface area (TPSA) is 77.2 Å². The van der Waals surface area contributed by atoms with Crippen LogP contribution in [-0.2, 0) is 4.79 Å². The molecule has 0 spiro atoms. The van der Waals surface area contributed by atoms with Gasteiger partial charge < -0.3 is 15.8 Å². The summed E-state index contributed by atoms with van der Waals surface area (Å²) in [5.41, 5.74) is 6.06. The molecule has 0 aliphatic heterocycles. The van der Waals surface area contributed by atoms with E-state index in [1.165, 1.54) is 32.1 Å². The van der Waals surface area contributed by atoms with Crippen LogP contribution in [0.3, 0.4) is 0 Å². The SMILES string of the molecule is N[C@@H]1CCC[C@H]1CC(=O)Nc1ncccc1OCC1CCCCC1. The minimum atomic E-state index is -0.0152. The zero-order valence-electron chi connectivity index (χ0n) is 14.4. The number of nitrogens with zero attached hydrogens (tertiary/aromatic N) is 1. The van der Waals surface area contributed by atoms with E-state index in [2.05, 4.69) is 10.3 Å². The van der Waals surface area contributed by atoms with Gasteiger partial charge in [-0.2, -0.15) is 0 Å². The van der Waals surface area contributed by atoms with Crippen LogP contribution in [0, 0.1) is 11.8 Å². The summed E-state index contributed by atoms with van der Waals surface area (Å²) in [5, 5.41) is 2.92. The van der Waals surface area contributed by atoms with Crippen molar-refractivity contribution < 1.29 is 9.53 Å². The molecular formula is C19H29N3O2. The van der Waals surface area contributed by atoms with Gasteiger partial charge in [-0.3, -0.25) is 4.79 Å². The molecule has 2 saturated carbocycles. The summed E-state index contributed by atoms with van der Waals surface area (Å²) in [6.07, 6.45) is 11.8. The maximum atomic E-state index is 12.3. The average Bonchev–Trinajstić information content (AvgIpc) is 3.00. The second-order valence-corrected chi connectivity index (χ2v) is 7.27. The number of amides is 1. The predicted octanol–water partition coefficient (Wildman–Crippen LogP) is 3.50. The van der Waals surface area contributed by atoms with Gasteiger partial charge in [-0.05, 0) is 49.7 Å². The van der Waals surface area contributed by atoms with Crippen LogP contribution in [0.25, 0.3) is 0 Å². The molecule has 0 unspecified atom stereocenters. The lowest BCUT2D eigenvalue weighted by molar-refractivity contribution is -0.117. The van der Waals surface area contributed by atoms with Gasteiger partial charge in [0.2, 0.25) is 5.91 Å². The molecular weight excluding hydrogens is 302 g/mol. The molecule has 1 amide bonds. The van der Waals surface area contributed by atoms with E-state index in [-0.39, 0.29) is 11.9 Å². The number of rotatable bonds is 6. The highest BCUT2D eigenvalue weighted by Gasteiger charge is 2.26. The van der Waals surface area contributed by atoms with E-state index in [0.29, 0.717) is 36.4 Å². The summed E-state index contributed by atoms with van der Waals surface area (Å²) in [5.74, 6) is 2.11. The van der Waals surface area contributed by atoms with Gasteiger partial charge in [0.25, 0.3) is 0 Å². The lowest BCUT2D eigenvalue weighted by Crippen LogP contribution is -2.28. The van der Waals surface area contributed by atoms with Gasteiger partial charge in [0.1, 0.15) is 0 Å². The van der Waals surface area contributed by atoms with Crippen LogP contribution in [0.15, 0.2) is 18.3 Å². The number of carbonyl (C=O) groups excluding carboxylic acids is 1. The first-order valence-corrected chi connectivity index (χ1v) is 9.35. The molecule has 5 nitrogen and oxygen atoms in total. The first-order chi connectivity index (χ1) is 11.7. The van der Waals surface area contributed by atoms with E-state index in [0.717, 1.165) is 19.3 Å². The minimum Gasteiger partial charge on any atom is -0.489 e. The number of hydrogen-bond donors (Lipinski definition) is 2. The lowest BCUT2D eigenvalue weighted by atomic mass is 9.90. The number of pyridine rings is 1. The monoisotopic (exact) mass is 331 g/mol. The first kappa shape index (κ1) is 17.2. The summed E-state index contributed by atoms with van der Waals surface area (Å²) in [7, 11) is 0. The van der Waals surface area contributed by atoms with Gasteiger partial charge in [-0.1, -0.05) is 25.7 Å². The summed E-state index contributed by atoms with van der Waals surface area (Å²) in [6.45, 7) is 0.710. The van der Waals surface area contributed by atoms with Gasteiger partial charge in [-0.15, -0.1) is 0 Å². The molecule has 2 fully saturated rings. The Bertz CT molecular complexity index is 543. The Labute approximate surface area is 144 Å². The summed E-state index contributed by atoms with van der Waals surface area (Å²) in [6, 6.07) is 3.88. The zero-order chi connectivity index (χ0) is 16.8. The van der Waals surface area contributed by atoms with Crippen LogP contribution in [0.2, 0.25) is 0 Å². The van der Waals surface area contributed by atoms with Crippen molar-refractivity contribution in [3.05, 3.63) is 18.3 Å². The summed E-state index contributed by atoms with van der Waals surface area (Å²) >= 11 is 0. The van der Waals surface area contributed by atoms with Crippen LogP contribution in [0.1, 0.15) is 57.8 Å². The third kappa shape index (κ3) is 4.69. The minimum absolute atomic E-state index is 0.0152. The van der Waals surface area contributed by atoms with Gasteiger partial charge in [0, 0.05) is 18.7 Å². The van der Waals surface area contributed by atoms with Crippen molar-refractivity contribution in [2.45, 2.75) is 63.8 Å². The first-order valence-electron chi connectivity index (χ1n) is 9.35. The highest BCUT2D eigenvalue weighted by Crippen LogP contribution is 2.29. The molecule has 1 aromatic heterocycles. The molecule has 1 heterocycles. The van der Waals surface area contributed by atoms with E-state index in [9.17, 15) is 4.79 Å². The molecule has 0 radical (unpaired) electrons. The van der Waals surface area contributed by atoms with Crippen molar-refractivity contribution in [1.82, 2.24) is 4.98 Å². The largest absolute Gasteiger partial charge is 0.489 e. The lowest BCUT2D eigenvalue weighted by Gasteiger charge is -2.22. The number of anilines is 1. The van der Waals surface area contributed by atoms with E-state index in [4.69, 9.17) is 10.5 Å². The molecule has 0 saturated heterocycles. The van der Waals surface area contributed by atoms with Gasteiger partial charge in [-0.25, -0.2) is 4.98 Å². The fraction of sp³-hybridized carbons (Fsp3) is 0.684. The number of hydrogen-bond acceptors (Lipinski definition) is 4. The van der Waals surface area contributed by atoms with Crippen molar-refractivity contribution in [1.29, 1.82) is 0 Å². The summed E-state index contributed by atoms with van der Waals surface area (Å²) in [4.78, 5) is 16.6. The number of aromatic nitrogens is 1. The summed E-state index contributed by atoms with van der Waals surface area (Å²) < 4.78 is 5.97. The molecule has 0 bridgehead atoms. The van der Waals surface area contributed by atoms with E-state index >= 15 is 0 Å². The molecule has 0 aromatic carbocycles. The number of carbonyl (C=O) groups is 1. The van der Waals surface area contributed by atoms with E-state index < -0.39 is 0 Å². The molecule has 3 N–H and O–H groups in total. The van der Waals surface area contributed by atoms with Crippen molar-refractivity contribution in [3.63, 3.8) is 0 Å². The maximum Gasteiger partial charge on any atom is 0.225 e. The number of nitrogens with one attached hydrogen (secondary N) is 1. The molecule has 2 aliphatic rings. The Morgan fingerprint density at radius 2 is 2.04 bits per heavy atom. The third-order valence-electron chi connectivity index (χ3n) is 5.39. The van der Waals surface area contributed by atoms with Crippen LogP contribution in [-0.4, -0.2) is 23.5 Å². The van der Waals surface area contributed by atoms with Crippen LogP contribution < -0.4 is 15.8 Å². The molecule has 1 aromatic rings. The van der Waals surface area contributed by atoms with Gasteiger partial charge >= 0.3 is 0 Å². The van der Waals surface area contributed by atoms with Crippen LogP contribution >= 0.6 is 0 Å². The predicted molar refractivity (Wildman–Crippen MR) is 94.9 cm³/mol. The number of nitrogens with two attached hydrogens (primary N) is 1. The standard InChI is InChI=1S/C19H29N3O2/c20-16-9-4-8-15(16)12-18(23)22-19-17(10-5-11-21-19)24-13-14-6-2-1-3-7-14/h5,10-11,14-16H,1-4,6-9,12-13,20H2,(H,21,22,23)/t15-,16+/m0/s1.